The lowest BCUT2D eigenvalue weighted by Gasteiger charge is -2.23. The summed E-state index contributed by atoms with van der Waals surface area (Å²) in [6, 6.07) is 0. The second-order valence-corrected chi connectivity index (χ2v) is 3.64. The number of rotatable bonds is 4. The summed E-state index contributed by atoms with van der Waals surface area (Å²) in [4.78, 5) is 16.7. The van der Waals surface area contributed by atoms with E-state index in [-0.39, 0.29) is 0 Å². The summed E-state index contributed by atoms with van der Waals surface area (Å²) in [5.74, 6) is 0.952. The topological polar surface area (TPSA) is 32.7 Å². The average molecular weight is 218 g/mol. The Bertz CT molecular complexity index is 360. The van der Waals surface area contributed by atoms with E-state index in [1.807, 2.05) is 19.2 Å². The molecule has 0 radical (unpaired) electrons. The van der Waals surface area contributed by atoms with E-state index in [1.165, 1.54) is 5.70 Å². The molecule has 0 aromatic rings. The van der Waals surface area contributed by atoms with Gasteiger partial charge >= 0.3 is 0 Å². The molecule has 3 nitrogen and oxygen atoms in total. The molecule has 16 heavy (non-hydrogen) atoms. The van der Waals surface area contributed by atoms with Crippen LogP contribution in [0, 0.1) is 0 Å². The number of hydrogen-bond donors (Lipinski definition) is 0. The molecular formula is C13H18N2O. The van der Waals surface area contributed by atoms with Gasteiger partial charge in [-0.25, -0.2) is 0 Å². The summed E-state index contributed by atoms with van der Waals surface area (Å²) < 4.78 is 0. The van der Waals surface area contributed by atoms with Gasteiger partial charge in [0.2, 0.25) is 0 Å². The number of carbonyl (C=O) groups excluding carboxylic acids is 1. The fourth-order valence-corrected chi connectivity index (χ4v) is 1.66. The zero-order valence-corrected chi connectivity index (χ0v) is 9.94. The Morgan fingerprint density at radius 2 is 2.50 bits per heavy atom. The Balaban J connectivity index is 2.71. The molecule has 1 aliphatic rings. The second kappa shape index (κ2) is 6.81. The Morgan fingerprint density at radius 1 is 1.69 bits per heavy atom. The number of aliphatic imine (C=N–C) groups is 1. The van der Waals surface area contributed by atoms with E-state index in [2.05, 4.69) is 21.7 Å². The highest BCUT2D eigenvalue weighted by Gasteiger charge is 2.10. The number of nitrogens with zero attached hydrogens (tertiary/aromatic N) is 2. The molecule has 0 spiro atoms. The summed E-state index contributed by atoms with van der Waals surface area (Å²) in [6.45, 7) is 0. The highest BCUT2D eigenvalue weighted by Crippen LogP contribution is 2.14. The maximum absolute atomic E-state index is 10.4. The van der Waals surface area contributed by atoms with E-state index in [0.717, 1.165) is 25.0 Å². The molecule has 0 N–H and O–H groups in total. The van der Waals surface area contributed by atoms with Crippen LogP contribution in [0.5, 0.6) is 0 Å². The van der Waals surface area contributed by atoms with Crippen LogP contribution in [0.4, 0.5) is 0 Å². The van der Waals surface area contributed by atoms with Crippen molar-refractivity contribution in [2.24, 2.45) is 4.99 Å². The second-order valence-electron chi connectivity index (χ2n) is 3.64. The molecule has 1 rings (SSSR count). The Hall–Kier alpha value is -1.60. The van der Waals surface area contributed by atoms with Crippen LogP contribution in [-0.2, 0) is 4.79 Å². The van der Waals surface area contributed by atoms with Crippen molar-refractivity contribution < 1.29 is 4.79 Å². The minimum Gasteiger partial charge on any atom is -0.337 e. The fourth-order valence-electron chi connectivity index (χ4n) is 1.66. The lowest BCUT2D eigenvalue weighted by Crippen LogP contribution is -2.26. The van der Waals surface area contributed by atoms with Crippen molar-refractivity contribution in [2.75, 3.05) is 14.1 Å². The third-order valence-corrected chi connectivity index (χ3v) is 2.60. The molecule has 0 unspecified atom stereocenters. The molecule has 0 fully saturated rings. The predicted octanol–water partition coefficient (Wildman–Crippen LogP) is 2.31. The molecule has 0 saturated carbocycles. The normalized spacial score (nSPS) is 15.6. The minimum absolute atomic E-state index is 0.526. The molecule has 0 atom stereocenters. The molecule has 0 aromatic carbocycles. The van der Waals surface area contributed by atoms with Crippen LogP contribution < -0.4 is 0 Å². The number of carbonyl (C=O) groups is 1. The highest BCUT2D eigenvalue weighted by molar-refractivity contribution is 5.85. The van der Waals surface area contributed by atoms with E-state index >= 15 is 0 Å². The number of aldehydes is 1. The zero-order valence-electron chi connectivity index (χ0n) is 9.94. The van der Waals surface area contributed by atoms with Crippen molar-refractivity contribution in [3.8, 4) is 0 Å². The predicted molar refractivity (Wildman–Crippen MR) is 66.4 cm³/mol. The lowest BCUT2D eigenvalue weighted by atomic mass is 10.2. The summed E-state index contributed by atoms with van der Waals surface area (Å²) in [5.41, 5.74) is 4.30. The van der Waals surface area contributed by atoms with Crippen molar-refractivity contribution in [3.05, 3.63) is 29.7 Å². The summed E-state index contributed by atoms with van der Waals surface area (Å²) in [7, 11) is 3.76. The number of amidine groups is 1. The largest absolute Gasteiger partial charge is 0.337 e. The van der Waals surface area contributed by atoms with E-state index in [4.69, 9.17) is 0 Å². The van der Waals surface area contributed by atoms with Crippen LogP contribution in [0.25, 0.3) is 0 Å². The molecule has 0 amide bonds. The van der Waals surface area contributed by atoms with E-state index in [9.17, 15) is 4.79 Å². The third-order valence-electron chi connectivity index (χ3n) is 2.60. The van der Waals surface area contributed by atoms with Gasteiger partial charge in [0.15, 0.2) is 0 Å². The first kappa shape index (κ1) is 12.5. The molecule has 0 saturated heterocycles. The van der Waals surface area contributed by atoms with Gasteiger partial charge in [0, 0.05) is 32.6 Å². The van der Waals surface area contributed by atoms with Gasteiger partial charge in [-0.1, -0.05) is 0 Å². The third kappa shape index (κ3) is 3.52. The SMILES string of the molecule is CN=C(CCC=O)N(C)C1=CC=C=CCC1. The van der Waals surface area contributed by atoms with Crippen molar-refractivity contribution in [1.82, 2.24) is 4.90 Å². The Morgan fingerprint density at radius 3 is 3.19 bits per heavy atom. The monoisotopic (exact) mass is 218 g/mol. The van der Waals surface area contributed by atoms with Gasteiger partial charge in [-0.05, 0) is 31.1 Å². The van der Waals surface area contributed by atoms with E-state index in [1.54, 1.807) is 7.05 Å². The molecule has 3 heteroatoms. The molecule has 1 aliphatic carbocycles. The standard InChI is InChI=1S/C13H18N2O/c1-14-13(10-7-11-16)15(2)12-8-5-3-4-6-9-12/h3,6,9,11H,5,7-8,10H2,1-2H3. The zero-order chi connectivity index (χ0) is 11.8. The maximum atomic E-state index is 10.4. The molecular weight excluding hydrogens is 200 g/mol. The molecule has 0 aromatic heterocycles. The smallest absolute Gasteiger partial charge is 0.120 e. The average Bonchev–Trinajstić information content (AvgIpc) is 2.58. The number of hydrogen-bond acceptors (Lipinski definition) is 2. The van der Waals surface area contributed by atoms with Gasteiger partial charge in [0.05, 0.1) is 0 Å². The first-order valence-corrected chi connectivity index (χ1v) is 5.52. The van der Waals surface area contributed by atoms with Crippen LogP contribution in [-0.4, -0.2) is 31.1 Å². The molecule has 0 heterocycles. The first-order chi connectivity index (χ1) is 7.79. The summed E-state index contributed by atoms with van der Waals surface area (Å²) >= 11 is 0. The van der Waals surface area contributed by atoms with Gasteiger partial charge < -0.3 is 9.69 Å². The van der Waals surface area contributed by atoms with Crippen LogP contribution in [0.15, 0.2) is 34.6 Å². The Kier molecular flexibility index (Phi) is 5.30. The molecule has 86 valence electrons. The maximum Gasteiger partial charge on any atom is 0.120 e. The number of allylic oxidation sites excluding steroid dienone is 3. The van der Waals surface area contributed by atoms with Crippen molar-refractivity contribution in [3.63, 3.8) is 0 Å². The van der Waals surface area contributed by atoms with Crippen LogP contribution >= 0.6 is 0 Å². The summed E-state index contributed by atoms with van der Waals surface area (Å²) in [5, 5.41) is 0. The quantitative estimate of drug-likeness (QED) is 0.314. The van der Waals surface area contributed by atoms with Gasteiger partial charge in [-0.2, -0.15) is 0 Å². The molecule has 0 bridgehead atoms. The van der Waals surface area contributed by atoms with Gasteiger partial charge in [0.1, 0.15) is 12.1 Å². The van der Waals surface area contributed by atoms with Gasteiger partial charge in [-0.3, -0.25) is 4.99 Å². The van der Waals surface area contributed by atoms with Crippen LogP contribution in [0.1, 0.15) is 25.7 Å². The van der Waals surface area contributed by atoms with Crippen molar-refractivity contribution >= 4 is 12.1 Å². The summed E-state index contributed by atoms with van der Waals surface area (Å²) in [6.07, 6.45) is 10.1. The van der Waals surface area contributed by atoms with Gasteiger partial charge in [0.25, 0.3) is 0 Å². The molecule has 0 aliphatic heterocycles. The van der Waals surface area contributed by atoms with Crippen LogP contribution in [0.3, 0.4) is 0 Å². The first-order valence-electron chi connectivity index (χ1n) is 5.52. The fraction of sp³-hybridized carbons (Fsp3) is 0.462. The van der Waals surface area contributed by atoms with E-state index < -0.39 is 0 Å². The lowest BCUT2D eigenvalue weighted by molar-refractivity contribution is -0.107. The van der Waals surface area contributed by atoms with Crippen molar-refractivity contribution in [1.29, 1.82) is 0 Å². The minimum atomic E-state index is 0.526. The van der Waals surface area contributed by atoms with E-state index in [0.29, 0.717) is 12.8 Å². The Labute approximate surface area is 96.9 Å². The van der Waals surface area contributed by atoms with Crippen LogP contribution in [0.2, 0.25) is 0 Å². The van der Waals surface area contributed by atoms with Gasteiger partial charge in [-0.15, -0.1) is 5.73 Å². The highest BCUT2D eigenvalue weighted by atomic mass is 16.1. The van der Waals surface area contributed by atoms with Crippen molar-refractivity contribution in [2.45, 2.75) is 25.7 Å².